The van der Waals surface area contributed by atoms with E-state index in [1.807, 2.05) is 65.4 Å². The summed E-state index contributed by atoms with van der Waals surface area (Å²) in [5.41, 5.74) is 4.52. The van der Waals surface area contributed by atoms with Crippen LogP contribution in [0.15, 0.2) is 97.2 Å². The second-order valence-corrected chi connectivity index (χ2v) is 10.7. The average Bonchev–Trinajstić information content (AvgIpc) is 3.41. The number of benzene rings is 4. The van der Waals surface area contributed by atoms with Crippen LogP contribution >= 0.6 is 23.2 Å². The van der Waals surface area contributed by atoms with Crippen molar-refractivity contribution in [2.45, 2.75) is 12.7 Å². The fourth-order valence-corrected chi connectivity index (χ4v) is 5.03. The molecule has 1 aromatic heterocycles. The van der Waals surface area contributed by atoms with Gasteiger partial charge >= 0.3 is 12.1 Å². The van der Waals surface area contributed by atoms with Gasteiger partial charge in [-0.3, -0.25) is 4.79 Å². The van der Waals surface area contributed by atoms with Crippen molar-refractivity contribution in [2.75, 3.05) is 19.0 Å². The summed E-state index contributed by atoms with van der Waals surface area (Å²) < 4.78 is 46.2. The van der Waals surface area contributed by atoms with Gasteiger partial charge in [0.25, 0.3) is 0 Å². The van der Waals surface area contributed by atoms with Gasteiger partial charge in [0.1, 0.15) is 12.4 Å². The molecule has 0 saturated heterocycles. The summed E-state index contributed by atoms with van der Waals surface area (Å²) in [6.45, 7) is 0.572. The summed E-state index contributed by atoms with van der Waals surface area (Å²) in [6.07, 6.45) is 1.27. The van der Waals surface area contributed by atoms with Crippen LogP contribution in [-0.2, 0) is 22.3 Å². The molecule has 5 rings (SSSR count). The molecule has 0 saturated carbocycles. The molecule has 5 aromatic rings. The van der Waals surface area contributed by atoms with Crippen LogP contribution in [0.2, 0.25) is 10.0 Å². The summed E-state index contributed by atoms with van der Waals surface area (Å²) in [7, 11) is 1.34. The molecule has 0 fully saturated rings. The minimum atomic E-state index is -4.40. The highest BCUT2D eigenvalue weighted by Gasteiger charge is 2.30. The molecule has 1 heterocycles. The van der Waals surface area contributed by atoms with Crippen molar-refractivity contribution >= 4 is 47.0 Å². The van der Waals surface area contributed by atoms with Gasteiger partial charge < -0.3 is 14.6 Å². The van der Waals surface area contributed by atoms with Crippen LogP contribution in [0.4, 0.5) is 18.9 Å². The van der Waals surface area contributed by atoms with Gasteiger partial charge in [-0.1, -0.05) is 77.8 Å². The molecule has 0 unspecified atom stereocenters. The Balaban J connectivity index is 1.40. The first kappa shape index (κ1) is 30.9. The van der Waals surface area contributed by atoms with Crippen LogP contribution in [0.5, 0.6) is 0 Å². The second kappa shape index (κ2) is 13.4. The first-order valence-corrected chi connectivity index (χ1v) is 14.2. The van der Waals surface area contributed by atoms with E-state index < -0.39 is 11.7 Å². The topological polar surface area (TPSA) is 56.1 Å². The lowest BCUT2D eigenvalue weighted by Gasteiger charge is -2.09. The molecule has 0 aliphatic carbocycles. The van der Waals surface area contributed by atoms with Gasteiger partial charge in [-0.2, -0.15) is 13.2 Å². The minimum absolute atomic E-state index is 0.0679. The number of rotatable bonds is 9. The summed E-state index contributed by atoms with van der Waals surface area (Å²) >= 11 is 12.6. The molecule has 10 heteroatoms. The molecule has 0 aliphatic heterocycles. The number of nitrogens with one attached hydrogen (secondary N) is 1. The number of carbonyl (C=O) groups is 1. The second-order valence-electron chi connectivity index (χ2n) is 9.90. The van der Waals surface area contributed by atoms with Crippen molar-refractivity contribution in [3.63, 3.8) is 0 Å². The van der Waals surface area contributed by atoms with Gasteiger partial charge in [-0.15, -0.1) is 0 Å². The van der Waals surface area contributed by atoms with Crippen LogP contribution in [-0.4, -0.2) is 29.2 Å². The number of esters is 1. The number of hydrogen-bond donors (Lipinski definition) is 1. The maximum atomic E-state index is 13.2. The van der Waals surface area contributed by atoms with E-state index in [0.29, 0.717) is 39.2 Å². The highest BCUT2D eigenvalue weighted by Crippen LogP contribution is 2.33. The average molecular weight is 637 g/mol. The van der Waals surface area contributed by atoms with Crippen molar-refractivity contribution in [1.82, 2.24) is 9.55 Å². The monoisotopic (exact) mass is 635 g/mol. The number of carbonyl (C=O) groups excluding carboxylic acids is 1. The summed E-state index contributed by atoms with van der Waals surface area (Å²) in [5, 5.41) is 4.01. The SMILES string of the molecule is COC(=O)CNc1ccc(Cn2cc(-c3ccc(Cl)cc3Cl)nc2/C=C/c2ccc(-c3cccc(C(F)(F)F)c3)cc2)cc1. The van der Waals surface area contributed by atoms with Crippen LogP contribution in [0, 0.1) is 0 Å². The van der Waals surface area contributed by atoms with E-state index in [4.69, 9.17) is 28.2 Å². The first-order valence-electron chi connectivity index (χ1n) is 13.5. The van der Waals surface area contributed by atoms with E-state index in [1.54, 1.807) is 30.3 Å². The quantitative estimate of drug-likeness (QED) is 0.164. The van der Waals surface area contributed by atoms with Gasteiger partial charge in [0, 0.05) is 29.0 Å². The minimum Gasteiger partial charge on any atom is -0.468 e. The fourth-order valence-electron chi connectivity index (χ4n) is 4.52. The Kier molecular flexibility index (Phi) is 9.42. The molecular weight excluding hydrogens is 610 g/mol. The third-order valence-corrected chi connectivity index (χ3v) is 7.39. The molecular formula is C34H26Cl2F3N3O2. The standard InChI is InChI=1S/C34H26Cl2F3N3O2/c1-44-33(43)19-40-28-13-7-23(8-14-28)20-42-21-31(29-15-12-27(35)18-30(29)36)41-32(42)16-9-22-5-10-24(11-6-22)25-3-2-4-26(17-25)34(37,38)39/h2-18,21,40H,19-20H2,1H3/b16-9+. The van der Waals surface area contributed by atoms with Gasteiger partial charge in [-0.25, -0.2) is 4.98 Å². The normalized spacial score (nSPS) is 11.6. The van der Waals surface area contributed by atoms with Crippen LogP contribution in [0.25, 0.3) is 34.5 Å². The molecule has 0 bridgehead atoms. The van der Waals surface area contributed by atoms with E-state index in [2.05, 4.69) is 10.1 Å². The number of ether oxygens (including phenoxy) is 1. The molecule has 224 valence electrons. The van der Waals surface area contributed by atoms with E-state index in [1.165, 1.54) is 13.2 Å². The van der Waals surface area contributed by atoms with Gasteiger partial charge in [0.15, 0.2) is 0 Å². The molecule has 0 amide bonds. The Morgan fingerprint density at radius 3 is 2.36 bits per heavy atom. The summed E-state index contributed by atoms with van der Waals surface area (Å²) in [5.74, 6) is 0.309. The third-order valence-electron chi connectivity index (χ3n) is 6.84. The number of nitrogens with zero attached hydrogens (tertiary/aromatic N) is 2. The largest absolute Gasteiger partial charge is 0.468 e. The van der Waals surface area contributed by atoms with Crippen LogP contribution < -0.4 is 5.32 Å². The van der Waals surface area contributed by atoms with Crippen molar-refractivity contribution in [3.05, 3.63) is 130 Å². The summed E-state index contributed by atoms with van der Waals surface area (Å²) in [4.78, 5) is 16.3. The number of aromatic nitrogens is 2. The fraction of sp³-hybridized carbons (Fsp3) is 0.118. The molecule has 4 aromatic carbocycles. The van der Waals surface area contributed by atoms with Gasteiger partial charge in [0.05, 0.1) is 23.4 Å². The van der Waals surface area contributed by atoms with E-state index in [9.17, 15) is 18.0 Å². The molecule has 1 N–H and O–H groups in total. The van der Waals surface area contributed by atoms with Gasteiger partial charge in [-0.05, 0) is 70.8 Å². The van der Waals surface area contributed by atoms with Gasteiger partial charge in [0.2, 0.25) is 0 Å². The molecule has 0 radical (unpaired) electrons. The van der Waals surface area contributed by atoms with E-state index in [-0.39, 0.29) is 12.5 Å². The van der Waals surface area contributed by atoms with Crippen molar-refractivity contribution in [3.8, 4) is 22.4 Å². The molecule has 0 aliphatic rings. The highest BCUT2D eigenvalue weighted by atomic mass is 35.5. The summed E-state index contributed by atoms with van der Waals surface area (Å²) in [6, 6.07) is 25.4. The highest BCUT2D eigenvalue weighted by molar-refractivity contribution is 6.36. The predicted octanol–water partition coefficient (Wildman–Crippen LogP) is 9.35. The van der Waals surface area contributed by atoms with Crippen molar-refractivity contribution < 1.29 is 22.7 Å². The Morgan fingerprint density at radius 1 is 0.932 bits per heavy atom. The number of methoxy groups -OCH3 is 1. The van der Waals surface area contributed by atoms with Crippen LogP contribution in [0.1, 0.15) is 22.5 Å². The van der Waals surface area contributed by atoms with Crippen LogP contribution in [0.3, 0.4) is 0 Å². The van der Waals surface area contributed by atoms with Crippen molar-refractivity contribution in [2.24, 2.45) is 0 Å². The predicted molar refractivity (Wildman–Crippen MR) is 170 cm³/mol. The number of alkyl halides is 3. The number of imidazole rings is 1. The lowest BCUT2D eigenvalue weighted by Crippen LogP contribution is -2.14. The Bertz CT molecular complexity index is 1800. The number of anilines is 1. The Morgan fingerprint density at radius 2 is 1.68 bits per heavy atom. The lowest BCUT2D eigenvalue weighted by atomic mass is 10.0. The number of hydrogen-bond acceptors (Lipinski definition) is 4. The Hall–Kier alpha value is -4.53. The van der Waals surface area contributed by atoms with E-state index in [0.717, 1.165) is 34.5 Å². The molecule has 5 nitrogen and oxygen atoms in total. The molecule has 44 heavy (non-hydrogen) atoms. The zero-order chi connectivity index (χ0) is 31.3. The third kappa shape index (κ3) is 7.70. The lowest BCUT2D eigenvalue weighted by molar-refractivity contribution is -0.139. The van der Waals surface area contributed by atoms with Crippen molar-refractivity contribution in [1.29, 1.82) is 0 Å². The molecule has 0 spiro atoms. The zero-order valence-electron chi connectivity index (χ0n) is 23.4. The zero-order valence-corrected chi connectivity index (χ0v) is 24.9. The Labute approximate surface area is 262 Å². The number of halogens is 5. The first-order chi connectivity index (χ1) is 21.1. The maximum absolute atomic E-state index is 13.2. The molecule has 0 atom stereocenters. The maximum Gasteiger partial charge on any atom is 0.416 e. The van der Waals surface area contributed by atoms with E-state index >= 15 is 0 Å². The smallest absolute Gasteiger partial charge is 0.416 e.